The Bertz CT molecular complexity index is 369. The molecule has 3 nitrogen and oxygen atoms in total. The molecule has 0 atom stereocenters. The summed E-state index contributed by atoms with van der Waals surface area (Å²) < 4.78 is 15.8. The second-order valence-electron chi connectivity index (χ2n) is 4.06. The molecule has 0 fully saturated rings. The van der Waals surface area contributed by atoms with Crippen LogP contribution >= 0.6 is 0 Å². The summed E-state index contributed by atoms with van der Waals surface area (Å²) in [6.45, 7) is 4.27. The lowest BCUT2D eigenvalue weighted by molar-refractivity contribution is 0.324. The first kappa shape index (κ1) is 13.4. The highest BCUT2D eigenvalue weighted by atomic mass is 16.5. The second kappa shape index (κ2) is 6.18. The molecule has 94 valence electrons. The topological polar surface area (TPSA) is 27.7 Å². The van der Waals surface area contributed by atoms with E-state index in [9.17, 15) is 0 Å². The summed E-state index contributed by atoms with van der Waals surface area (Å²) in [7, 11) is 4.84. The van der Waals surface area contributed by atoms with E-state index in [1.807, 2.05) is 12.1 Å². The average Bonchev–Trinajstić information content (AvgIpc) is 2.34. The molecule has 0 saturated heterocycles. The molecule has 1 aromatic rings. The van der Waals surface area contributed by atoms with E-state index in [4.69, 9.17) is 14.2 Å². The van der Waals surface area contributed by atoms with E-state index < -0.39 is 0 Å². The fourth-order valence-corrected chi connectivity index (χ4v) is 1.50. The molecule has 0 N–H and O–H groups in total. The number of hydrogen-bond donors (Lipinski definition) is 0. The third-order valence-electron chi connectivity index (χ3n) is 2.36. The lowest BCUT2D eigenvalue weighted by atomic mass is 10.1. The summed E-state index contributed by atoms with van der Waals surface area (Å²) in [4.78, 5) is 0. The van der Waals surface area contributed by atoms with Gasteiger partial charge in [-0.15, -0.1) is 0 Å². The minimum Gasteiger partial charge on any atom is -0.493 e. The minimum absolute atomic E-state index is 0.508. The Morgan fingerprint density at radius 3 is 1.82 bits per heavy atom. The van der Waals surface area contributed by atoms with Crippen LogP contribution in [0.3, 0.4) is 0 Å². The first-order valence-corrected chi connectivity index (χ1v) is 5.60. The zero-order valence-electron chi connectivity index (χ0n) is 11.1. The molecular weight excluding hydrogens is 216 g/mol. The van der Waals surface area contributed by atoms with Gasteiger partial charge in [-0.1, -0.05) is 26.0 Å². The van der Waals surface area contributed by atoms with Crippen molar-refractivity contribution in [3.63, 3.8) is 0 Å². The van der Waals surface area contributed by atoms with E-state index >= 15 is 0 Å². The zero-order valence-corrected chi connectivity index (χ0v) is 11.1. The molecule has 17 heavy (non-hydrogen) atoms. The number of allylic oxidation sites excluding steroid dienone is 1. The molecule has 0 heterocycles. The Hall–Kier alpha value is -1.64. The van der Waals surface area contributed by atoms with Gasteiger partial charge in [0.2, 0.25) is 5.75 Å². The summed E-state index contributed by atoms with van der Waals surface area (Å²) in [5.74, 6) is 2.48. The number of rotatable bonds is 5. The van der Waals surface area contributed by atoms with E-state index in [0.717, 1.165) is 5.56 Å². The highest BCUT2D eigenvalue weighted by molar-refractivity contribution is 5.62. The molecule has 1 rings (SSSR count). The van der Waals surface area contributed by atoms with Gasteiger partial charge in [0.25, 0.3) is 0 Å². The normalized spacial score (nSPS) is 10.9. The summed E-state index contributed by atoms with van der Waals surface area (Å²) in [6.07, 6.45) is 4.18. The van der Waals surface area contributed by atoms with E-state index in [2.05, 4.69) is 26.0 Å². The molecule has 0 aliphatic heterocycles. The number of ether oxygens (including phenoxy) is 3. The smallest absolute Gasteiger partial charge is 0.203 e. The zero-order chi connectivity index (χ0) is 12.8. The van der Waals surface area contributed by atoms with Gasteiger partial charge in [0.1, 0.15) is 0 Å². The molecule has 0 amide bonds. The van der Waals surface area contributed by atoms with Crippen LogP contribution in [0, 0.1) is 5.92 Å². The van der Waals surface area contributed by atoms with Crippen LogP contribution in [-0.4, -0.2) is 21.3 Å². The third kappa shape index (κ3) is 3.41. The van der Waals surface area contributed by atoms with Gasteiger partial charge in [0, 0.05) is 0 Å². The van der Waals surface area contributed by atoms with Gasteiger partial charge < -0.3 is 14.2 Å². The average molecular weight is 236 g/mol. The molecule has 0 aromatic heterocycles. The Balaban J connectivity index is 3.17. The van der Waals surface area contributed by atoms with Gasteiger partial charge in [-0.05, 0) is 23.6 Å². The maximum Gasteiger partial charge on any atom is 0.203 e. The monoisotopic (exact) mass is 236 g/mol. The predicted molar refractivity (Wildman–Crippen MR) is 70.0 cm³/mol. The predicted octanol–water partition coefficient (Wildman–Crippen LogP) is 3.38. The highest BCUT2D eigenvalue weighted by Crippen LogP contribution is 2.38. The Morgan fingerprint density at radius 1 is 0.941 bits per heavy atom. The highest BCUT2D eigenvalue weighted by Gasteiger charge is 2.11. The fourth-order valence-electron chi connectivity index (χ4n) is 1.50. The molecule has 0 unspecified atom stereocenters. The standard InChI is InChI=1S/C14H20O3/c1-10(2)6-7-11-8-12(15-3)14(17-5)13(9-11)16-4/h6-10H,1-5H3/b7-6+. The van der Waals surface area contributed by atoms with E-state index in [0.29, 0.717) is 23.2 Å². The summed E-state index contributed by atoms with van der Waals surface area (Å²) in [6, 6.07) is 3.86. The summed E-state index contributed by atoms with van der Waals surface area (Å²) in [5, 5.41) is 0. The Labute approximate surface area is 103 Å². The van der Waals surface area contributed by atoms with Crippen LogP contribution in [0.2, 0.25) is 0 Å². The molecule has 0 aliphatic rings. The van der Waals surface area contributed by atoms with Crippen molar-refractivity contribution in [2.45, 2.75) is 13.8 Å². The number of hydrogen-bond acceptors (Lipinski definition) is 3. The quantitative estimate of drug-likeness (QED) is 0.784. The lowest BCUT2D eigenvalue weighted by Crippen LogP contribution is -1.95. The van der Waals surface area contributed by atoms with Gasteiger partial charge in [-0.2, -0.15) is 0 Å². The van der Waals surface area contributed by atoms with Crippen molar-refractivity contribution in [2.75, 3.05) is 21.3 Å². The van der Waals surface area contributed by atoms with Gasteiger partial charge in [0.15, 0.2) is 11.5 Å². The van der Waals surface area contributed by atoms with Crippen molar-refractivity contribution in [3.05, 3.63) is 23.8 Å². The fraction of sp³-hybridized carbons (Fsp3) is 0.429. The number of methoxy groups -OCH3 is 3. The first-order chi connectivity index (χ1) is 8.12. The van der Waals surface area contributed by atoms with Gasteiger partial charge in [-0.3, -0.25) is 0 Å². The molecular formula is C14H20O3. The van der Waals surface area contributed by atoms with E-state index in [-0.39, 0.29) is 0 Å². The largest absolute Gasteiger partial charge is 0.493 e. The summed E-state index contributed by atoms with van der Waals surface area (Å²) >= 11 is 0. The van der Waals surface area contributed by atoms with E-state index in [1.54, 1.807) is 21.3 Å². The molecule has 3 heteroatoms. The maximum atomic E-state index is 5.29. The second-order valence-corrected chi connectivity index (χ2v) is 4.06. The minimum atomic E-state index is 0.508. The van der Waals surface area contributed by atoms with Crippen molar-refractivity contribution in [1.82, 2.24) is 0 Å². The molecule has 0 radical (unpaired) electrons. The van der Waals surface area contributed by atoms with Gasteiger partial charge >= 0.3 is 0 Å². The van der Waals surface area contributed by atoms with Crippen LogP contribution < -0.4 is 14.2 Å². The van der Waals surface area contributed by atoms with Crippen molar-refractivity contribution in [1.29, 1.82) is 0 Å². The van der Waals surface area contributed by atoms with Crippen molar-refractivity contribution >= 4 is 6.08 Å². The maximum absolute atomic E-state index is 5.29. The van der Waals surface area contributed by atoms with Crippen molar-refractivity contribution < 1.29 is 14.2 Å². The van der Waals surface area contributed by atoms with Crippen LogP contribution in [0.1, 0.15) is 19.4 Å². The van der Waals surface area contributed by atoms with Crippen LogP contribution in [0.25, 0.3) is 6.08 Å². The van der Waals surface area contributed by atoms with E-state index in [1.165, 1.54) is 0 Å². The third-order valence-corrected chi connectivity index (χ3v) is 2.36. The van der Waals surface area contributed by atoms with Gasteiger partial charge in [0.05, 0.1) is 21.3 Å². The SMILES string of the molecule is COc1cc(/C=C/C(C)C)cc(OC)c1OC. The van der Waals surface area contributed by atoms with Crippen molar-refractivity contribution in [3.8, 4) is 17.2 Å². The van der Waals surface area contributed by atoms with Gasteiger partial charge in [-0.25, -0.2) is 0 Å². The van der Waals surface area contributed by atoms with Crippen LogP contribution in [0.15, 0.2) is 18.2 Å². The molecule has 0 bridgehead atoms. The molecule has 0 aliphatic carbocycles. The van der Waals surface area contributed by atoms with Crippen LogP contribution in [-0.2, 0) is 0 Å². The Morgan fingerprint density at radius 2 is 1.47 bits per heavy atom. The molecule has 0 saturated carbocycles. The first-order valence-electron chi connectivity index (χ1n) is 5.60. The van der Waals surface area contributed by atoms with Crippen LogP contribution in [0.4, 0.5) is 0 Å². The lowest BCUT2D eigenvalue weighted by Gasteiger charge is -2.12. The Kier molecular flexibility index (Phi) is 4.88. The molecule has 1 aromatic carbocycles. The summed E-state index contributed by atoms with van der Waals surface area (Å²) in [5.41, 5.74) is 1.04. The van der Waals surface area contributed by atoms with Crippen molar-refractivity contribution in [2.24, 2.45) is 5.92 Å². The number of benzene rings is 1. The van der Waals surface area contributed by atoms with Crippen LogP contribution in [0.5, 0.6) is 17.2 Å². The molecule has 0 spiro atoms.